The van der Waals surface area contributed by atoms with Gasteiger partial charge in [0.25, 0.3) is 11.8 Å². The zero-order valence-electron chi connectivity index (χ0n) is 15.2. The molecule has 2 aliphatic heterocycles. The molecule has 6 nitrogen and oxygen atoms in total. The molecule has 2 aromatic carbocycles. The average molecular weight is 364 g/mol. The molecule has 0 radical (unpaired) electrons. The highest BCUT2D eigenvalue weighted by Crippen LogP contribution is 2.36. The van der Waals surface area contributed by atoms with E-state index in [9.17, 15) is 19.2 Å². The Labute approximate surface area is 156 Å². The maximum atomic E-state index is 13.1. The molecule has 0 bridgehead atoms. The lowest BCUT2D eigenvalue weighted by Gasteiger charge is -2.34. The van der Waals surface area contributed by atoms with Crippen LogP contribution in [-0.4, -0.2) is 34.6 Å². The molecule has 2 aromatic rings. The molecule has 27 heavy (non-hydrogen) atoms. The Morgan fingerprint density at radius 2 is 1.78 bits per heavy atom. The van der Waals surface area contributed by atoms with E-state index in [1.165, 1.54) is 0 Å². The summed E-state index contributed by atoms with van der Waals surface area (Å²) in [7, 11) is 0. The first-order valence-corrected chi connectivity index (χ1v) is 9.21. The second kappa shape index (κ2) is 6.30. The second-order valence-electron chi connectivity index (χ2n) is 7.19. The Hall–Kier alpha value is -3.02. The van der Waals surface area contributed by atoms with Gasteiger partial charge in [0.2, 0.25) is 11.8 Å². The summed E-state index contributed by atoms with van der Waals surface area (Å²) in [5.41, 5.74) is 1.96. The summed E-state index contributed by atoms with van der Waals surface area (Å²) < 4.78 is 0. The lowest BCUT2D eigenvalue weighted by atomic mass is 9.86. The molecule has 6 heteroatoms. The lowest BCUT2D eigenvalue weighted by molar-refractivity contribution is -0.136. The molecule has 4 amide bonds. The molecule has 138 valence electrons. The van der Waals surface area contributed by atoms with Crippen LogP contribution in [0.25, 0.3) is 10.8 Å². The number of hydrogen-bond acceptors (Lipinski definition) is 4. The van der Waals surface area contributed by atoms with Crippen LogP contribution in [0.2, 0.25) is 0 Å². The number of carbonyl (C=O) groups is 4. The summed E-state index contributed by atoms with van der Waals surface area (Å²) in [6, 6.07) is 8.17. The molecule has 2 atom stereocenters. The minimum absolute atomic E-state index is 0.109. The number of benzene rings is 2. The number of amides is 4. The Morgan fingerprint density at radius 1 is 1.07 bits per heavy atom. The molecule has 1 fully saturated rings. The molecule has 1 N–H and O–H groups in total. The number of carbonyl (C=O) groups excluding carboxylic acids is 4. The topological polar surface area (TPSA) is 83.6 Å². The van der Waals surface area contributed by atoms with Gasteiger partial charge in [-0.3, -0.25) is 29.4 Å². The number of rotatable bonds is 3. The maximum Gasteiger partial charge on any atom is 0.262 e. The molecule has 0 saturated carbocycles. The van der Waals surface area contributed by atoms with Gasteiger partial charge in [-0.25, -0.2) is 0 Å². The van der Waals surface area contributed by atoms with Crippen molar-refractivity contribution < 1.29 is 19.2 Å². The standard InChI is InChI=1S/C21H20N2O4/c1-3-11(2)12-7-8-15-18-13(12)5-4-6-14(18)20(26)23(21(15)27)16-9-10-17(24)22-19(16)25/h4-8,11,16H,3,9-10H2,1-2H3,(H,22,24,25). The molecule has 0 aromatic heterocycles. The first-order valence-electron chi connectivity index (χ1n) is 9.21. The molecule has 1 saturated heterocycles. The van der Waals surface area contributed by atoms with Crippen molar-refractivity contribution in [1.82, 2.24) is 10.2 Å². The van der Waals surface area contributed by atoms with Crippen molar-refractivity contribution in [2.45, 2.75) is 45.1 Å². The molecule has 2 heterocycles. The Kier molecular flexibility index (Phi) is 4.06. The van der Waals surface area contributed by atoms with E-state index in [1.807, 2.05) is 18.2 Å². The van der Waals surface area contributed by atoms with E-state index in [0.29, 0.717) is 22.4 Å². The fraction of sp³-hybridized carbons (Fsp3) is 0.333. The van der Waals surface area contributed by atoms with Crippen LogP contribution in [0.5, 0.6) is 0 Å². The zero-order valence-corrected chi connectivity index (χ0v) is 15.2. The third-order valence-corrected chi connectivity index (χ3v) is 5.64. The van der Waals surface area contributed by atoms with Crippen LogP contribution in [-0.2, 0) is 9.59 Å². The van der Waals surface area contributed by atoms with E-state index in [2.05, 4.69) is 19.2 Å². The van der Waals surface area contributed by atoms with Crippen LogP contribution in [0.3, 0.4) is 0 Å². The summed E-state index contributed by atoms with van der Waals surface area (Å²) in [6.07, 6.45) is 1.21. The zero-order chi connectivity index (χ0) is 19.3. The van der Waals surface area contributed by atoms with Crippen molar-refractivity contribution in [3.05, 3.63) is 47.0 Å². The van der Waals surface area contributed by atoms with Gasteiger partial charge in [0.1, 0.15) is 6.04 Å². The van der Waals surface area contributed by atoms with Crippen LogP contribution in [0.4, 0.5) is 0 Å². The number of piperidine rings is 1. The van der Waals surface area contributed by atoms with E-state index >= 15 is 0 Å². The van der Waals surface area contributed by atoms with E-state index in [4.69, 9.17) is 0 Å². The molecule has 0 aliphatic carbocycles. The first-order chi connectivity index (χ1) is 12.9. The van der Waals surface area contributed by atoms with Gasteiger partial charge >= 0.3 is 0 Å². The van der Waals surface area contributed by atoms with Crippen molar-refractivity contribution in [1.29, 1.82) is 0 Å². The fourth-order valence-corrected chi connectivity index (χ4v) is 4.00. The highest BCUT2D eigenvalue weighted by molar-refractivity contribution is 6.27. The SMILES string of the molecule is CCC(C)c1ccc2c3c(cccc13)C(=O)N(C1CCC(=O)NC1=O)C2=O. The molecular weight excluding hydrogens is 344 g/mol. The van der Waals surface area contributed by atoms with Gasteiger partial charge in [-0.15, -0.1) is 0 Å². The smallest absolute Gasteiger partial charge is 0.262 e. The van der Waals surface area contributed by atoms with Gasteiger partial charge in [-0.2, -0.15) is 0 Å². The third-order valence-electron chi connectivity index (χ3n) is 5.64. The summed E-state index contributed by atoms with van der Waals surface area (Å²) in [5, 5.41) is 3.79. The predicted octanol–water partition coefficient (Wildman–Crippen LogP) is 2.75. The Balaban J connectivity index is 1.87. The third kappa shape index (κ3) is 2.55. The largest absolute Gasteiger partial charge is 0.295 e. The van der Waals surface area contributed by atoms with Crippen LogP contribution in [0.1, 0.15) is 65.3 Å². The number of nitrogens with zero attached hydrogens (tertiary/aromatic N) is 1. The van der Waals surface area contributed by atoms with Crippen molar-refractivity contribution in [3.63, 3.8) is 0 Å². The number of hydrogen-bond donors (Lipinski definition) is 1. The maximum absolute atomic E-state index is 13.1. The quantitative estimate of drug-likeness (QED) is 0.849. The monoisotopic (exact) mass is 364 g/mol. The summed E-state index contributed by atoms with van der Waals surface area (Å²) in [5.74, 6) is -1.64. The average Bonchev–Trinajstić information content (AvgIpc) is 2.66. The van der Waals surface area contributed by atoms with E-state index < -0.39 is 23.8 Å². The molecular formula is C21H20N2O4. The van der Waals surface area contributed by atoms with Crippen molar-refractivity contribution >= 4 is 34.4 Å². The molecule has 2 unspecified atom stereocenters. The van der Waals surface area contributed by atoms with E-state index in [0.717, 1.165) is 22.3 Å². The second-order valence-corrected chi connectivity index (χ2v) is 7.19. The van der Waals surface area contributed by atoms with Crippen LogP contribution >= 0.6 is 0 Å². The summed E-state index contributed by atoms with van der Waals surface area (Å²) in [4.78, 5) is 51.0. The molecule has 0 spiro atoms. The fourth-order valence-electron chi connectivity index (χ4n) is 4.00. The van der Waals surface area contributed by atoms with Crippen LogP contribution in [0, 0.1) is 0 Å². The summed E-state index contributed by atoms with van der Waals surface area (Å²) >= 11 is 0. The lowest BCUT2D eigenvalue weighted by Crippen LogP contribution is -2.57. The van der Waals surface area contributed by atoms with Crippen molar-refractivity contribution in [2.24, 2.45) is 0 Å². The minimum atomic E-state index is -0.958. The van der Waals surface area contributed by atoms with Gasteiger partial charge < -0.3 is 0 Å². The highest BCUT2D eigenvalue weighted by atomic mass is 16.2. The van der Waals surface area contributed by atoms with Gasteiger partial charge in [0.05, 0.1) is 0 Å². The number of imide groups is 2. The minimum Gasteiger partial charge on any atom is -0.295 e. The van der Waals surface area contributed by atoms with Gasteiger partial charge in [-0.1, -0.05) is 32.0 Å². The van der Waals surface area contributed by atoms with Gasteiger partial charge in [0, 0.05) is 22.9 Å². The Bertz CT molecular complexity index is 988. The predicted molar refractivity (Wildman–Crippen MR) is 99.3 cm³/mol. The first kappa shape index (κ1) is 17.4. The van der Waals surface area contributed by atoms with E-state index in [-0.39, 0.29) is 18.7 Å². The van der Waals surface area contributed by atoms with Crippen LogP contribution in [0.15, 0.2) is 30.3 Å². The van der Waals surface area contributed by atoms with Gasteiger partial charge in [-0.05, 0) is 41.8 Å². The molecule has 4 rings (SSSR count). The molecule has 2 aliphatic rings. The van der Waals surface area contributed by atoms with Crippen molar-refractivity contribution in [3.8, 4) is 0 Å². The normalized spacial score (nSPS) is 20.8. The van der Waals surface area contributed by atoms with Crippen LogP contribution < -0.4 is 5.32 Å². The highest BCUT2D eigenvalue weighted by Gasteiger charge is 2.42. The van der Waals surface area contributed by atoms with Crippen molar-refractivity contribution in [2.75, 3.05) is 0 Å². The summed E-state index contributed by atoms with van der Waals surface area (Å²) in [6.45, 7) is 4.22. The van der Waals surface area contributed by atoms with Gasteiger partial charge in [0.15, 0.2) is 0 Å². The Morgan fingerprint density at radius 3 is 2.44 bits per heavy atom. The van der Waals surface area contributed by atoms with E-state index in [1.54, 1.807) is 12.1 Å². The number of nitrogens with one attached hydrogen (secondary N) is 1.